The number of rotatable bonds is 3. The van der Waals surface area contributed by atoms with Gasteiger partial charge in [0.2, 0.25) is 5.95 Å². The number of anilines is 2. The molecule has 3 rings (SSSR count). The largest absolute Gasteiger partial charge is 0.496 e. The van der Waals surface area contributed by atoms with E-state index in [0.717, 1.165) is 11.0 Å². The average molecular weight is 282 g/mol. The fraction of sp³-hybridized carbons (Fsp3) is 0.0667. The Morgan fingerprint density at radius 1 is 1.29 bits per heavy atom. The summed E-state index contributed by atoms with van der Waals surface area (Å²) in [6, 6.07) is 12.4. The maximum Gasteiger partial charge on any atom is 0.261 e. The summed E-state index contributed by atoms with van der Waals surface area (Å²) in [7, 11) is 1.49. The monoisotopic (exact) mass is 282 g/mol. The predicted molar refractivity (Wildman–Crippen MR) is 81.5 cm³/mol. The molecular formula is C15H14N4O2. The van der Waals surface area contributed by atoms with Crippen LogP contribution in [0.3, 0.4) is 0 Å². The highest BCUT2D eigenvalue weighted by molar-refractivity contribution is 6.06. The number of para-hydroxylation sites is 2. The Kier molecular flexibility index (Phi) is 3.19. The van der Waals surface area contributed by atoms with Gasteiger partial charge in [0, 0.05) is 11.8 Å². The van der Waals surface area contributed by atoms with Crippen LogP contribution in [-0.4, -0.2) is 23.0 Å². The van der Waals surface area contributed by atoms with E-state index in [4.69, 9.17) is 10.5 Å². The van der Waals surface area contributed by atoms with Crippen molar-refractivity contribution < 1.29 is 9.53 Å². The summed E-state index contributed by atoms with van der Waals surface area (Å²) in [4.78, 5) is 19.6. The van der Waals surface area contributed by atoms with E-state index in [2.05, 4.69) is 15.3 Å². The number of aromatic amines is 1. The molecule has 0 fully saturated rings. The van der Waals surface area contributed by atoms with E-state index in [0.29, 0.717) is 22.9 Å². The normalized spacial score (nSPS) is 10.5. The van der Waals surface area contributed by atoms with Crippen LogP contribution in [0.25, 0.3) is 11.0 Å². The number of fused-ring (bicyclic) bond motifs is 1. The van der Waals surface area contributed by atoms with Gasteiger partial charge in [-0.05, 0) is 24.3 Å². The van der Waals surface area contributed by atoms with Crippen molar-refractivity contribution in [1.82, 2.24) is 9.97 Å². The lowest BCUT2D eigenvalue weighted by atomic mass is 10.1. The van der Waals surface area contributed by atoms with Gasteiger partial charge in [0.15, 0.2) is 0 Å². The van der Waals surface area contributed by atoms with Gasteiger partial charge in [-0.15, -0.1) is 0 Å². The van der Waals surface area contributed by atoms with Crippen molar-refractivity contribution in [2.75, 3.05) is 18.2 Å². The Hall–Kier alpha value is -3.02. The summed E-state index contributed by atoms with van der Waals surface area (Å²) in [5.74, 6) is 0.495. The fourth-order valence-corrected chi connectivity index (χ4v) is 2.08. The standard InChI is InChI=1S/C15H14N4O2/c1-21-13-8-9(16)6-7-10(13)14(20)19-15-17-11-4-2-3-5-12(11)18-15/h2-8H,16H2,1H3,(H2,17,18,19,20). The van der Waals surface area contributed by atoms with E-state index in [1.54, 1.807) is 18.2 Å². The molecule has 0 radical (unpaired) electrons. The first kappa shape index (κ1) is 13.0. The molecule has 106 valence electrons. The van der Waals surface area contributed by atoms with E-state index in [9.17, 15) is 4.79 Å². The number of hydrogen-bond donors (Lipinski definition) is 3. The minimum Gasteiger partial charge on any atom is -0.496 e. The second-order valence-electron chi connectivity index (χ2n) is 4.52. The van der Waals surface area contributed by atoms with Crippen molar-refractivity contribution >= 4 is 28.6 Å². The number of carbonyl (C=O) groups is 1. The third-order valence-corrected chi connectivity index (χ3v) is 3.09. The maximum atomic E-state index is 12.3. The van der Waals surface area contributed by atoms with Crippen molar-refractivity contribution in [3.63, 3.8) is 0 Å². The highest BCUT2D eigenvalue weighted by Gasteiger charge is 2.14. The number of methoxy groups -OCH3 is 1. The van der Waals surface area contributed by atoms with E-state index in [1.165, 1.54) is 7.11 Å². The number of nitrogens with two attached hydrogens (primary N) is 1. The number of nitrogens with zero attached hydrogens (tertiary/aromatic N) is 1. The summed E-state index contributed by atoms with van der Waals surface area (Å²) < 4.78 is 5.17. The Morgan fingerprint density at radius 2 is 2.10 bits per heavy atom. The molecule has 0 aliphatic rings. The summed E-state index contributed by atoms with van der Waals surface area (Å²) in [5.41, 5.74) is 8.25. The van der Waals surface area contributed by atoms with Gasteiger partial charge in [-0.3, -0.25) is 10.1 Å². The molecule has 6 nitrogen and oxygen atoms in total. The van der Waals surface area contributed by atoms with Crippen LogP contribution < -0.4 is 15.8 Å². The minimum atomic E-state index is -0.314. The molecule has 21 heavy (non-hydrogen) atoms. The molecule has 0 spiro atoms. The van der Waals surface area contributed by atoms with E-state index < -0.39 is 0 Å². The number of carbonyl (C=O) groups excluding carboxylic acids is 1. The van der Waals surface area contributed by atoms with Crippen LogP contribution in [-0.2, 0) is 0 Å². The maximum absolute atomic E-state index is 12.3. The molecule has 0 aliphatic heterocycles. The first-order valence-electron chi connectivity index (χ1n) is 6.37. The predicted octanol–water partition coefficient (Wildman–Crippen LogP) is 2.41. The Balaban J connectivity index is 1.89. The third kappa shape index (κ3) is 2.51. The van der Waals surface area contributed by atoms with Gasteiger partial charge in [-0.25, -0.2) is 4.98 Å². The second-order valence-corrected chi connectivity index (χ2v) is 4.52. The first-order chi connectivity index (χ1) is 10.2. The first-order valence-corrected chi connectivity index (χ1v) is 6.37. The van der Waals surface area contributed by atoms with Gasteiger partial charge in [-0.2, -0.15) is 0 Å². The Morgan fingerprint density at radius 3 is 2.86 bits per heavy atom. The van der Waals surface area contributed by atoms with E-state index in [1.807, 2.05) is 24.3 Å². The number of aromatic nitrogens is 2. The molecule has 1 aromatic heterocycles. The zero-order valence-corrected chi connectivity index (χ0v) is 11.4. The topological polar surface area (TPSA) is 93.0 Å². The van der Waals surface area contributed by atoms with Crippen LogP contribution in [0.2, 0.25) is 0 Å². The van der Waals surface area contributed by atoms with Crippen LogP contribution in [0, 0.1) is 0 Å². The lowest BCUT2D eigenvalue weighted by Gasteiger charge is -2.08. The van der Waals surface area contributed by atoms with Crippen LogP contribution in [0.5, 0.6) is 5.75 Å². The van der Waals surface area contributed by atoms with Gasteiger partial charge in [0.05, 0.1) is 23.7 Å². The zero-order chi connectivity index (χ0) is 14.8. The number of hydrogen-bond acceptors (Lipinski definition) is 4. The summed E-state index contributed by atoms with van der Waals surface area (Å²) in [6.45, 7) is 0. The molecule has 1 heterocycles. The number of imidazole rings is 1. The van der Waals surface area contributed by atoms with Crippen molar-refractivity contribution in [1.29, 1.82) is 0 Å². The van der Waals surface area contributed by atoms with E-state index in [-0.39, 0.29) is 5.91 Å². The minimum absolute atomic E-state index is 0.314. The number of nitrogens with one attached hydrogen (secondary N) is 2. The Labute approximate surface area is 120 Å². The van der Waals surface area contributed by atoms with Crippen molar-refractivity contribution in [2.24, 2.45) is 0 Å². The number of amides is 1. The lowest BCUT2D eigenvalue weighted by molar-refractivity contribution is 0.102. The van der Waals surface area contributed by atoms with Crippen LogP contribution in [0.15, 0.2) is 42.5 Å². The number of nitrogen functional groups attached to an aromatic ring is 1. The average Bonchev–Trinajstić information content (AvgIpc) is 2.88. The molecular weight excluding hydrogens is 268 g/mol. The van der Waals surface area contributed by atoms with Gasteiger partial charge in [-0.1, -0.05) is 12.1 Å². The molecule has 2 aromatic carbocycles. The summed E-state index contributed by atoms with van der Waals surface area (Å²) in [6.07, 6.45) is 0. The van der Waals surface area contributed by atoms with Crippen LogP contribution in [0.4, 0.5) is 11.6 Å². The highest BCUT2D eigenvalue weighted by Crippen LogP contribution is 2.22. The van der Waals surface area contributed by atoms with Gasteiger partial charge in [0.25, 0.3) is 5.91 Å². The quantitative estimate of drug-likeness (QED) is 0.643. The molecule has 1 amide bonds. The van der Waals surface area contributed by atoms with E-state index >= 15 is 0 Å². The molecule has 0 atom stereocenters. The smallest absolute Gasteiger partial charge is 0.261 e. The van der Waals surface area contributed by atoms with Crippen molar-refractivity contribution in [3.05, 3.63) is 48.0 Å². The van der Waals surface area contributed by atoms with Gasteiger partial charge < -0.3 is 15.5 Å². The molecule has 4 N–H and O–H groups in total. The fourth-order valence-electron chi connectivity index (χ4n) is 2.08. The SMILES string of the molecule is COc1cc(N)ccc1C(=O)Nc1nc2ccccc2[nH]1. The van der Waals surface area contributed by atoms with Gasteiger partial charge >= 0.3 is 0 Å². The van der Waals surface area contributed by atoms with Crippen LogP contribution >= 0.6 is 0 Å². The van der Waals surface area contributed by atoms with Crippen molar-refractivity contribution in [2.45, 2.75) is 0 Å². The summed E-state index contributed by atoms with van der Waals surface area (Å²) >= 11 is 0. The lowest BCUT2D eigenvalue weighted by Crippen LogP contribution is -2.14. The van der Waals surface area contributed by atoms with Crippen molar-refractivity contribution in [3.8, 4) is 5.75 Å². The van der Waals surface area contributed by atoms with Crippen LogP contribution in [0.1, 0.15) is 10.4 Å². The molecule has 3 aromatic rings. The molecule has 0 bridgehead atoms. The number of benzene rings is 2. The van der Waals surface area contributed by atoms with Gasteiger partial charge in [0.1, 0.15) is 5.75 Å². The molecule has 6 heteroatoms. The third-order valence-electron chi connectivity index (χ3n) is 3.09. The number of H-pyrrole nitrogens is 1. The molecule has 0 saturated heterocycles. The number of ether oxygens (including phenoxy) is 1. The Bertz CT molecular complexity index is 777. The molecule has 0 unspecified atom stereocenters. The summed E-state index contributed by atoms with van der Waals surface area (Å²) in [5, 5.41) is 2.72. The highest BCUT2D eigenvalue weighted by atomic mass is 16.5. The second kappa shape index (κ2) is 5.16. The zero-order valence-electron chi connectivity index (χ0n) is 11.4. The molecule has 0 aliphatic carbocycles. The molecule has 0 saturated carbocycles.